The van der Waals surface area contributed by atoms with E-state index >= 15 is 0 Å². The van der Waals surface area contributed by atoms with Crippen LogP contribution >= 0.6 is 0 Å². The molecule has 0 N–H and O–H groups in total. The molecule has 0 unspecified atom stereocenters. The molecule has 0 aliphatic carbocycles. The molecule has 120 valence electrons. The minimum absolute atomic E-state index is 0.385. The fraction of sp³-hybridized carbons (Fsp3) is 1.00. The van der Waals surface area contributed by atoms with Crippen LogP contribution in [0.1, 0.15) is 81.1 Å². The molecule has 2 nitrogen and oxygen atoms in total. The molecule has 0 saturated carbocycles. The van der Waals surface area contributed by atoms with Gasteiger partial charge in [-0.3, -0.25) is 9.80 Å². The Morgan fingerprint density at radius 1 is 0.650 bits per heavy atom. The van der Waals surface area contributed by atoms with E-state index < -0.39 is 0 Å². The summed E-state index contributed by atoms with van der Waals surface area (Å²) in [5.74, 6) is 0. The van der Waals surface area contributed by atoms with Gasteiger partial charge in [0.25, 0.3) is 0 Å². The number of rotatable bonds is 0. The average molecular weight is 283 g/mol. The summed E-state index contributed by atoms with van der Waals surface area (Å²) in [5, 5.41) is 0. The van der Waals surface area contributed by atoms with Crippen molar-refractivity contribution in [1.82, 2.24) is 9.80 Å². The van der Waals surface area contributed by atoms with Crippen LogP contribution in [0.5, 0.6) is 0 Å². The number of nitrogens with zero attached hydrogens (tertiary/aromatic N) is 2. The van der Waals surface area contributed by atoms with Crippen molar-refractivity contribution in [2.45, 2.75) is 104 Å². The molecule has 0 bridgehead atoms. The Kier molecular flexibility index (Phi) is 6.10. The van der Waals surface area contributed by atoms with Crippen molar-refractivity contribution >= 4 is 0 Å². The Hall–Kier alpha value is -0.0800. The minimum Gasteiger partial charge on any atom is -0.296 e. The van der Waals surface area contributed by atoms with Gasteiger partial charge >= 0.3 is 0 Å². The van der Waals surface area contributed by atoms with Crippen molar-refractivity contribution in [1.29, 1.82) is 0 Å². The fourth-order valence-electron chi connectivity index (χ4n) is 3.86. The zero-order valence-electron chi connectivity index (χ0n) is 15.3. The van der Waals surface area contributed by atoms with E-state index in [2.05, 4.69) is 65.2 Å². The molecule has 0 aromatic carbocycles. The van der Waals surface area contributed by atoms with E-state index in [1.807, 2.05) is 0 Å². The maximum atomic E-state index is 2.59. The van der Waals surface area contributed by atoms with Crippen molar-refractivity contribution in [3.8, 4) is 0 Å². The first-order chi connectivity index (χ1) is 9.03. The Labute approximate surface area is 127 Å². The molecule has 2 aliphatic rings. The third kappa shape index (κ3) is 5.04. The summed E-state index contributed by atoms with van der Waals surface area (Å²) in [6.45, 7) is 21.1. The normalized spacial score (nSPS) is 29.4. The molecule has 2 heteroatoms. The first kappa shape index (κ1) is 18.0. The lowest BCUT2D eigenvalue weighted by Gasteiger charge is -2.35. The Morgan fingerprint density at radius 2 is 0.950 bits per heavy atom. The average Bonchev–Trinajstić information content (AvgIpc) is 2.85. The highest BCUT2D eigenvalue weighted by Gasteiger charge is 2.30. The first-order valence-electron chi connectivity index (χ1n) is 8.57. The maximum absolute atomic E-state index is 2.59. The lowest BCUT2D eigenvalue weighted by Crippen LogP contribution is -2.43. The smallest absolute Gasteiger partial charge is 0.0127 e. The second-order valence-electron chi connectivity index (χ2n) is 8.71. The highest BCUT2D eigenvalue weighted by atomic mass is 15.2. The van der Waals surface area contributed by atoms with Crippen LogP contribution in [-0.2, 0) is 0 Å². The van der Waals surface area contributed by atoms with E-state index in [1.165, 1.54) is 38.8 Å². The van der Waals surface area contributed by atoms with E-state index in [4.69, 9.17) is 0 Å². The molecule has 0 radical (unpaired) electrons. The molecule has 2 aliphatic heterocycles. The van der Waals surface area contributed by atoms with Gasteiger partial charge in [0, 0.05) is 23.2 Å². The van der Waals surface area contributed by atoms with Gasteiger partial charge in [-0.05, 0) is 94.2 Å². The number of likely N-dealkylation sites (tertiary alicyclic amines) is 2. The Bertz CT molecular complexity index is 255. The van der Waals surface area contributed by atoms with Crippen molar-refractivity contribution in [3.63, 3.8) is 0 Å². The molecule has 2 atom stereocenters. The second-order valence-corrected chi connectivity index (χ2v) is 8.71. The zero-order chi connectivity index (χ0) is 15.6. The molecule has 2 heterocycles. The van der Waals surface area contributed by atoms with Gasteiger partial charge in [0.05, 0.1) is 0 Å². The van der Waals surface area contributed by atoms with Crippen molar-refractivity contribution < 1.29 is 0 Å². The van der Waals surface area contributed by atoms with Gasteiger partial charge in [0.1, 0.15) is 0 Å². The Morgan fingerprint density at radius 3 is 1.05 bits per heavy atom. The minimum atomic E-state index is 0.385. The van der Waals surface area contributed by atoms with Gasteiger partial charge in [0.15, 0.2) is 0 Å². The number of hydrogen-bond donors (Lipinski definition) is 0. The zero-order valence-corrected chi connectivity index (χ0v) is 15.3. The molecule has 2 saturated heterocycles. The Balaban J connectivity index is 0.000000200. The summed E-state index contributed by atoms with van der Waals surface area (Å²) in [4.78, 5) is 5.18. The first-order valence-corrected chi connectivity index (χ1v) is 8.57. The maximum Gasteiger partial charge on any atom is 0.0127 e. The van der Waals surface area contributed by atoms with Gasteiger partial charge in [0.2, 0.25) is 0 Å². The molecule has 2 rings (SSSR count). The van der Waals surface area contributed by atoms with Crippen LogP contribution < -0.4 is 0 Å². The largest absolute Gasteiger partial charge is 0.296 e. The third-order valence-corrected chi connectivity index (χ3v) is 4.83. The van der Waals surface area contributed by atoms with Crippen LogP contribution in [0.25, 0.3) is 0 Å². The van der Waals surface area contributed by atoms with Crippen LogP contribution in [0, 0.1) is 0 Å². The third-order valence-electron chi connectivity index (χ3n) is 4.83. The molecule has 2 fully saturated rings. The lowest BCUT2D eigenvalue weighted by molar-refractivity contribution is 0.130. The van der Waals surface area contributed by atoms with Crippen LogP contribution in [0.2, 0.25) is 0 Å². The van der Waals surface area contributed by atoms with Gasteiger partial charge in [-0.1, -0.05) is 0 Å². The fourth-order valence-corrected chi connectivity index (χ4v) is 3.86. The predicted molar refractivity (Wildman–Crippen MR) is 90.3 cm³/mol. The monoisotopic (exact) mass is 282 g/mol. The van der Waals surface area contributed by atoms with Gasteiger partial charge in [-0.2, -0.15) is 0 Å². The van der Waals surface area contributed by atoms with E-state index in [-0.39, 0.29) is 0 Å². The van der Waals surface area contributed by atoms with E-state index in [0.29, 0.717) is 11.1 Å². The van der Waals surface area contributed by atoms with Crippen molar-refractivity contribution in [2.75, 3.05) is 13.1 Å². The van der Waals surface area contributed by atoms with E-state index in [9.17, 15) is 0 Å². The van der Waals surface area contributed by atoms with Crippen molar-refractivity contribution in [3.05, 3.63) is 0 Å². The highest BCUT2D eigenvalue weighted by molar-refractivity contribution is 4.86. The van der Waals surface area contributed by atoms with Crippen LogP contribution in [-0.4, -0.2) is 46.1 Å². The van der Waals surface area contributed by atoms with Crippen LogP contribution in [0.4, 0.5) is 0 Å². The lowest BCUT2D eigenvalue weighted by atomic mass is 10.1. The molecule has 0 spiro atoms. The second kappa shape index (κ2) is 6.79. The summed E-state index contributed by atoms with van der Waals surface area (Å²) in [6, 6.07) is 1.61. The standard InChI is InChI=1S/2C9H19N/c2*1-8-6-5-7-10(8)9(2,3)4/h2*8H,5-7H2,1-4H3/t2*8-/m10/s1. The van der Waals surface area contributed by atoms with Gasteiger partial charge in [-0.25, -0.2) is 0 Å². The SMILES string of the molecule is C[C@@H]1CCCN1C(C)(C)C.C[C@H]1CCCN1C(C)(C)C. The number of hydrogen-bond acceptors (Lipinski definition) is 2. The molecular formula is C18H38N2. The van der Waals surface area contributed by atoms with E-state index in [1.54, 1.807) is 0 Å². The summed E-state index contributed by atoms with van der Waals surface area (Å²) < 4.78 is 0. The summed E-state index contributed by atoms with van der Waals surface area (Å²) in [6.07, 6.45) is 5.55. The highest BCUT2D eigenvalue weighted by Crippen LogP contribution is 2.26. The predicted octanol–water partition coefficient (Wildman–Crippen LogP) is 4.54. The summed E-state index contributed by atoms with van der Waals surface area (Å²) in [5.41, 5.74) is 0.770. The summed E-state index contributed by atoms with van der Waals surface area (Å²) in [7, 11) is 0. The van der Waals surface area contributed by atoms with Gasteiger partial charge in [-0.15, -0.1) is 0 Å². The van der Waals surface area contributed by atoms with E-state index in [0.717, 1.165) is 12.1 Å². The molecular weight excluding hydrogens is 244 g/mol. The quantitative estimate of drug-likeness (QED) is 0.643. The molecule has 0 aromatic heterocycles. The summed E-state index contributed by atoms with van der Waals surface area (Å²) >= 11 is 0. The molecule has 0 aromatic rings. The topological polar surface area (TPSA) is 6.48 Å². The van der Waals surface area contributed by atoms with Gasteiger partial charge < -0.3 is 0 Å². The van der Waals surface area contributed by atoms with Crippen molar-refractivity contribution in [2.24, 2.45) is 0 Å². The molecule has 20 heavy (non-hydrogen) atoms. The van der Waals surface area contributed by atoms with Crippen LogP contribution in [0.15, 0.2) is 0 Å². The van der Waals surface area contributed by atoms with Crippen LogP contribution in [0.3, 0.4) is 0 Å². The molecule has 0 amide bonds.